The fourth-order valence-corrected chi connectivity index (χ4v) is 1.27. The number of rotatable bonds is 7. The highest BCUT2D eigenvalue weighted by molar-refractivity contribution is 5.84. The third-order valence-electron chi connectivity index (χ3n) is 2.59. The van der Waals surface area contributed by atoms with Crippen LogP contribution in [-0.2, 0) is 9.59 Å². The smallest absolute Gasteiger partial charge is 0.317 e. The van der Waals surface area contributed by atoms with Crippen molar-refractivity contribution in [3.63, 3.8) is 0 Å². The van der Waals surface area contributed by atoms with Crippen LogP contribution in [0.15, 0.2) is 0 Å². The Morgan fingerprint density at radius 2 is 1.84 bits per heavy atom. The van der Waals surface area contributed by atoms with Gasteiger partial charge in [-0.3, -0.25) is 9.59 Å². The van der Waals surface area contributed by atoms with E-state index in [0.717, 1.165) is 6.42 Å². The first kappa shape index (κ1) is 17.2. The van der Waals surface area contributed by atoms with Gasteiger partial charge in [-0.05, 0) is 6.42 Å². The molecule has 7 heteroatoms. The number of urea groups is 1. The first-order valence-corrected chi connectivity index (χ1v) is 6.25. The largest absolute Gasteiger partial charge is 0.481 e. The highest BCUT2D eigenvalue weighted by Crippen LogP contribution is 1.97. The quantitative estimate of drug-likeness (QED) is 0.694. The van der Waals surface area contributed by atoms with Crippen LogP contribution in [0.2, 0.25) is 0 Å². The number of amides is 3. The molecule has 0 fully saturated rings. The lowest BCUT2D eigenvalue weighted by molar-refractivity contribution is -0.140. The average Bonchev–Trinajstić information content (AvgIpc) is 2.34. The van der Waals surface area contributed by atoms with E-state index < -0.39 is 17.9 Å². The standard InChI is InChI=1S/C12H23N3O4/c1-5-6-15(8-10(16)14(3)4)12(19)13-7-9(2)11(17)18/h9H,5-8H2,1-4H3,(H,13,19)(H,17,18). The molecule has 1 atom stereocenters. The summed E-state index contributed by atoms with van der Waals surface area (Å²) in [7, 11) is 3.24. The zero-order valence-electron chi connectivity index (χ0n) is 12.0. The summed E-state index contributed by atoms with van der Waals surface area (Å²) in [6.07, 6.45) is 0.725. The Kier molecular flexibility index (Phi) is 7.55. The van der Waals surface area contributed by atoms with Crippen molar-refractivity contribution in [2.45, 2.75) is 20.3 Å². The molecule has 0 aromatic rings. The molecule has 0 aliphatic heterocycles. The molecule has 0 aromatic heterocycles. The summed E-state index contributed by atoms with van der Waals surface area (Å²) in [6, 6.07) is -0.412. The van der Waals surface area contributed by atoms with E-state index in [2.05, 4.69) is 5.32 Å². The number of carbonyl (C=O) groups is 3. The van der Waals surface area contributed by atoms with E-state index in [9.17, 15) is 14.4 Å². The first-order valence-electron chi connectivity index (χ1n) is 6.25. The lowest BCUT2D eigenvalue weighted by Crippen LogP contribution is -2.47. The molecule has 0 rings (SSSR count). The Bertz CT molecular complexity index is 331. The number of aliphatic carboxylic acids is 1. The zero-order valence-corrected chi connectivity index (χ0v) is 12.0. The van der Waals surface area contributed by atoms with Crippen LogP contribution in [0.1, 0.15) is 20.3 Å². The van der Waals surface area contributed by atoms with Crippen LogP contribution in [0.5, 0.6) is 0 Å². The lowest BCUT2D eigenvalue weighted by Gasteiger charge is -2.24. The van der Waals surface area contributed by atoms with E-state index in [1.807, 2.05) is 6.92 Å². The Morgan fingerprint density at radius 1 is 1.26 bits per heavy atom. The van der Waals surface area contributed by atoms with Gasteiger partial charge in [0.2, 0.25) is 5.91 Å². The molecule has 110 valence electrons. The number of carbonyl (C=O) groups excluding carboxylic acids is 2. The third-order valence-corrected chi connectivity index (χ3v) is 2.59. The molecular formula is C12H23N3O4. The second-order valence-electron chi connectivity index (χ2n) is 4.64. The molecule has 0 saturated heterocycles. The summed E-state index contributed by atoms with van der Waals surface area (Å²) in [5, 5.41) is 11.3. The van der Waals surface area contributed by atoms with Crippen LogP contribution in [0.3, 0.4) is 0 Å². The molecule has 0 heterocycles. The number of hydrogen-bond donors (Lipinski definition) is 2. The fraction of sp³-hybridized carbons (Fsp3) is 0.750. The Hall–Kier alpha value is -1.79. The van der Waals surface area contributed by atoms with Crippen LogP contribution >= 0.6 is 0 Å². The van der Waals surface area contributed by atoms with Gasteiger partial charge < -0.3 is 20.2 Å². The van der Waals surface area contributed by atoms with Gasteiger partial charge in [-0.1, -0.05) is 13.8 Å². The van der Waals surface area contributed by atoms with Crippen molar-refractivity contribution in [2.75, 3.05) is 33.7 Å². The number of likely N-dealkylation sites (N-methyl/N-ethyl adjacent to an activating group) is 1. The minimum atomic E-state index is -0.966. The van der Waals surface area contributed by atoms with Gasteiger partial charge in [0.15, 0.2) is 0 Å². The molecule has 0 spiro atoms. The van der Waals surface area contributed by atoms with Crippen LogP contribution in [0.4, 0.5) is 4.79 Å². The molecular weight excluding hydrogens is 250 g/mol. The SMILES string of the molecule is CCCN(CC(=O)N(C)C)C(=O)NCC(C)C(=O)O. The molecule has 3 amide bonds. The highest BCUT2D eigenvalue weighted by Gasteiger charge is 2.19. The molecule has 0 aliphatic carbocycles. The van der Waals surface area contributed by atoms with Gasteiger partial charge in [0.05, 0.1) is 5.92 Å². The third kappa shape index (κ3) is 6.64. The summed E-state index contributed by atoms with van der Waals surface area (Å²) in [5.41, 5.74) is 0. The predicted octanol–water partition coefficient (Wildman–Crippen LogP) is 0.217. The Labute approximate surface area is 113 Å². The van der Waals surface area contributed by atoms with Crippen molar-refractivity contribution in [1.29, 1.82) is 0 Å². The van der Waals surface area contributed by atoms with Gasteiger partial charge in [0.25, 0.3) is 0 Å². The molecule has 0 aliphatic rings. The molecule has 1 unspecified atom stereocenters. The normalized spacial score (nSPS) is 11.6. The summed E-state index contributed by atoms with van der Waals surface area (Å²) in [5.74, 6) is -1.79. The molecule has 19 heavy (non-hydrogen) atoms. The summed E-state index contributed by atoms with van der Waals surface area (Å²) < 4.78 is 0. The maximum Gasteiger partial charge on any atom is 0.317 e. The minimum absolute atomic E-state index is 0.00583. The van der Waals surface area contributed by atoms with Crippen molar-refractivity contribution in [3.05, 3.63) is 0 Å². The Morgan fingerprint density at radius 3 is 2.26 bits per heavy atom. The topological polar surface area (TPSA) is 90.0 Å². The summed E-state index contributed by atoms with van der Waals surface area (Å²) in [6.45, 7) is 3.91. The molecule has 0 radical (unpaired) electrons. The number of nitrogens with zero attached hydrogens (tertiary/aromatic N) is 2. The number of carboxylic acids is 1. The highest BCUT2D eigenvalue weighted by atomic mass is 16.4. The minimum Gasteiger partial charge on any atom is -0.481 e. The van der Waals surface area contributed by atoms with E-state index in [1.165, 1.54) is 16.7 Å². The molecule has 2 N–H and O–H groups in total. The van der Waals surface area contributed by atoms with Crippen LogP contribution < -0.4 is 5.32 Å². The number of hydrogen-bond acceptors (Lipinski definition) is 3. The van der Waals surface area contributed by atoms with E-state index in [4.69, 9.17) is 5.11 Å². The van der Waals surface area contributed by atoms with Gasteiger partial charge >= 0.3 is 12.0 Å². The second-order valence-corrected chi connectivity index (χ2v) is 4.64. The van der Waals surface area contributed by atoms with Crippen LogP contribution in [-0.4, -0.2) is 66.5 Å². The zero-order chi connectivity index (χ0) is 15.0. The number of carboxylic acid groups (broad SMARTS) is 1. The maximum absolute atomic E-state index is 11.9. The molecule has 0 bridgehead atoms. The van der Waals surface area contributed by atoms with Gasteiger partial charge in [-0.25, -0.2) is 4.79 Å². The molecule has 0 saturated carbocycles. The van der Waals surface area contributed by atoms with Crippen molar-refractivity contribution in [1.82, 2.24) is 15.1 Å². The summed E-state index contributed by atoms with van der Waals surface area (Å²) >= 11 is 0. The maximum atomic E-state index is 11.9. The van der Waals surface area contributed by atoms with Gasteiger partial charge in [0, 0.05) is 27.2 Å². The van der Waals surface area contributed by atoms with E-state index in [1.54, 1.807) is 14.1 Å². The van der Waals surface area contributed by atoms with Gasteiger partial charge in [-0.2, -0.15) is 0 Å². The number of nitrogens with one attached hydrogen (secondary N) is 1. The Balaban J connectivity index is 4.41. The fourth-order valence-electron chi connectivity index (χ4n) is 1.27. The van der Waals surface area contributed by atoms with E-state index >= 15 is 0 Å². The van der Waals surface area contributed by atoms with Crippen molar-refractivity contribution < 1.29 is 19.5 Å². The van der Waals surface area contributed by atoms with Crippen molar-refractivity contribution in [3.8, 4) is 0 Å². The van der Waals surface area contributed by atoms with E-state index in [0.29, 0.717) is 6.54 Å². The monoisotopic (exact) mass is 273 g/mol. The lowest BCUT2D eigenvalue weighted by atomic mass is 10.2. The van der Waals surface area contributed by atoms with Crippen molar-refractivity contribution >= 4 is 17.9 Å². The second kappa shape index (κ2) is 8.34. The molecule has 0 aromatic carbocycles. The van der Waals surface area contributed by atoms with Crippen LogP contribution in [0, 0.1) is 5.92 Å². The van der Waals surface area contributed by atoms with E-state index in [-0.39, 0.29) is 19.0 Å². The van der Waals surface area contributed by atoms with Gasteiger partial charge in [-0.15, -0.1) is 0 Å². The molecule has 7 nitrogen and oxygen atoms in total. The first-order chi connectivity index (χ1) is 8.79. The van der Waals surface area contributed by atoms with Crippen LogP contribution in [0.25, 0.3) is 0 Å². The van der Waals surface area contributed by atoms with Crippen molar-refractivity contribution in [2.24, 2.45) is 5.92 Å². The average molecular weight is 273 g/mol. The van der Waals surface area contributed by atoms with Gasteiger partial charge in [0.1, 0.15) is 6.54 Å². The predicted molar refractivity (Wildman–Crippen MR) is 70.8 cm³/mol. The summed E-state index contributed by atoms with van der Waals surface area (Å²) in [4.78, 5) is 36.9.